The first-order chi connectivity index (χ1) is 8.84. The van der Waals surface area contributed by atoms with Crippen molar-refractivity contribution in [2.75, 3.05) is 0 Å². The van der Waals surface area contributed by atoms with Gasteiger partial charge in [-0.05, 0) is 48.4 Å². The molecule has 1 aromatic heterocycles. The molecule has 2 aliphatic rings. The molecule has 0 bridgehead atoms. The molecule has 2 heterocycles. The highest BCUT2D eigenvalue weighted by Gasteiger charge is 2.28. The Morgan fingerprint density at radius 1 is 1.17 bits per heavy atom. The minimum Gasteiger partial charge on any atom is -0.301 e. The van der Waals surface area contributed by atoms with Crippen LogP contribution in [-0.4, -0.2) is 4.57 Å². The molecule has 1 unspecified atom stereocenters. The largest absolute Gasteiger partial charge is 0.301 e. The molecule has 18 heavy (non-hydrogen) atoms. The Morgan fingerprint density at radius 2 is 2.06 bits per heavy atom. The maximum Gasteiger partial charge on any atom is 0.259 e. The van der Waals surface area contributed by atoms with E-state index >= 15 is 0 Å². The molecule has 2 nitrogen and oxygen atoms in total. The van der Waals surface area contributed by atoms with Crippen molar-refractivity contribution in [3.63, 3.8) is 0 Å². The monoisotopic (exact) mass is 237 g/mol. The molecule has 1 fully saturated rings. The van der Waals surface area contributed by atoms with Crippen LogP contribution in [0, 0.1) is 0 Å². The van der Waals surface area contributed by atoms with Crippen LogP contribution in [0.15, 0.2) is 40.7 Å². The van der Waals surface area contributed by atoms with E-state index in [2.05, 4.69) is 12.1 Å². The maximum atomic E-state index is 12.6. The van der Waals surface area contributed by atoms with Crippen LogP contribution in [0.2, 0.25) is 0 Å². The van der Waals surface area contributed by atoms with E-state index in [0.717, 1.165) is 29.3 Å². The maximum absolute atomic E-state index is 12.6. The number of fused-ring (bicyclic) bond motifs is 4. The molecule has 1 aliphatic heterocycles. The predicted molar refractivity (Wildman–Crippen MR) is 73.7 cm³/mol. The van der Waals surface area contributed by atoms with Crippen LogP contribution in [0.1, 0.15) is 37.4 Å². The third-order valence-corrected chi connectivity index (χ3v) is 4.26. The van der Waals surface area contributed by atoms with E-state index < -0.39 is 0 Å². The summed E-state index contributed by atoms with van der Waals surface area (Å²) in [6.07, 6.45) is 7.02. The van der Waals surface area contributed by atoms with Crippen LogP contribution in [0.25, 0.3) is 16.8 Å². The predicted octanol–water partition coefficient (Wildman–Crippen LogP) is 3.51. The summed E-state index contributed by atoms with van der Waals surface area (Å²) in [5.41, 5.74) is 2.73. The molecule has 2 heteroatoms. The quantitative estimate of drug-likeness (QED) is 0.687. The first kappa shape index (κ1) is 10.1. The molecule has 0 radical (unpaired) electrons. The highest BCUT2D eigenvalue weighted by atomic mass is 16.1. The lowest BCUT2D eigenvalue weighted by molar-refractivity contribution is 0.447. The molecule has 0 spiro atoms. The van der Waals surface area contributed by atoms with Gasteiger partial charge in [-0.1, -0.05) is 24.6 Å². The lowest BCUT2D eigenvalue weighted by Gasteiger charge is -2.23. The van der Waals surface area contributed by atoms with Crippen LogP contribution < -0.4 is 5.56 Å². The van der Waals surface area contributed by atoms with Gasteiger partial charge in [0.2, 0.25) is 0 Å². The number of rotatable bonds is 0. The summed E-state index contributed by atoms with van der Waals surface area (Å²) in [6, 6.07) is 10.4. The van der Waals surface area contributed by atoms with Gasteiger partial charge in [0, 0.05) is 11.1 Å². The zero-order chi connectivity index (χ0) is 12.1. The Balaban J connectivity index is 2.04. The number of allylic oxidation sites excluding steroid dienone is 1. The van der Waals surface area contributed by atoms with E-state index in [0.29, 0.717) is 6.04 Å². The fourth-order valence-corrected chi connectivity index (χ4v) is 3.40. The zero-order valence-corrected chi connectivity index (χ0v) is 10.2. The van der Waals surface area contributed by atoms with Crippen molar-refractivity contribution in [1.82, 2.24) is 4.57 Å². The van der Waals surface area contributed by atoms with Gasteiger partial charge in [-0.15, -0.1) is 0 Å². The number of pyridine rings is 1. The number of hydrogen-bond acceptors (Lipinski definition) is 1. The molecule has 1 saturated carbocycles. The molecular formula is C16H15NO. The van der Waals surface area contributed by atoms with Gasteiger partial charge < -0.3 is 4.57 Å². The van der Waals surface area contributed by atoms with Crippen LogP contribution in [-0.2, 0) is 0 Å². The fourth-order valence-electron chi connectivity index (χ4n) is 3.40. The molecule has 0 amide bonds. The van der Waals surface area contributed by atoms with E-state index in [-0.39, 0.29) is 5.56 Å². The minimum absolute atomic E-state index is 0.182. The first-order valence-electron chi connectivity index (χ1n) is 6.69. The highest BCUT2D eigenvalue weighted by molar-refractivity contribution is 5.84. The summed E-state index contributed by atoms with van der Waals surface area (Å²) in [7, 11) is 0. The van der Waals surface area contributed by atoms with Gasteiger partial charge in [-0.3, -0.25) is 4.79 Å². The fraction of sp³-hybridized carbons (Fsp3) is 0.312. The standard InChI is InChI=1S/C16H15NO/c18-16-14-7-3-1-5-11(14)9-13-10-12-6-2-4-8-15(12)17(13)16/h1,3,5,7,9-10,15H,2,4,6,8H2. The molecule has 0 N–H and O–H groups in total. The van der Waals surface area contributed by atoms with Crippen molar-refractivity contribution in [3.8, 4) is 0 Å². The van der Waals surface area contributed by atoms with E-state index in [4.69, 9.17) is 0 Å². The second-order valence-corrected chi connectivity index (χ2v) is 5.31. The molecule has 1 aliphatic carbocycles. The number of aromatic nitrogens is 1. The Hall–Kier alpha value is -1.83. The Kier molecular flexibility index (Phi) is 2.01. The van der Waals surface area contributed by atoms with Crippen molar-refractivity contribution < 1.29 is 0 Å². The summed E-state index contributed by atoms with van der Waals surface area (Å²) in [4.78, 5) is 12.6. The minimum atomic E-state index is 0.182. The van der Waals surface area contributed by atoms with Crippen LogP contribution in [0.4, 0.5) is 0 Å². The normalized spacial score (nSPS) is 21.6. The third kappa shape index (κ3) is 1.26. The molecule has 90 valence electrons. The van der Waals surface area contributed by atoms with Gasteiger partial charge in [0.05, 0.1) is 6.04 Å². The number of benzene rings is 1. The molecular weight excluding hydrogens is 222 g/mol. The first-order valence-corrected chi connectivity index (χ1v) is 6.69. The summed E-state index contributed by atoms with van der Waals surface area (Å²) in [5, 5.41) is 1.91. The van der Waals surface area contributed by atoms with E-state index in [9.17, 15) is 4.79 Å². The van der Waals surface area contributed by atoms with Gasteiger partial charge in [0.25, 0.3) is 5.56 Å². The SMILES string of the molecule is O=c1c2ccccc2cc2n1C1CCCCC1=C2. The van der Waals surface area contributed by atoms with E-state index in [1.54, 1.807) is 0 Å². The molecule has 4 rings (SSSR count). The van der Waals surface area contributed by atoms with Crippen molar-refractivity contribution in [2.24, 2.45) is 0 Å². The van der Waals surface area contributed by atoms with Gasteiger partial charge in [-0.25, -0.2) is 0 Å². The van der Waals surface area contributed by atoms with Crippen LogP contribution in [0.3, 0.4) is 0 Å². The lowest BCUT2D eigenvalue weighted by Crippen LogP contribution is -2.25. The van der Waals surface area contributed by atoms with Crippen molar-refractivity contribution in [3.05, 3.63) is 52.0 Å². The number of hydrogen-bond donors (Lipinski definition) is 0. The van der Waals surface area contributed by atoms with Gasteiger partial charge in [-0.2, -0.15) is 0 Å². The second-order valence-electron chi connectivity index (χ2n) is 5.31. The smallest absolute Gasteiger partial charge is 0.259 e. The van der Waals surface area contributed by atoms with Gasteiger partial charge in [0.1, 0.15) is 0 Å². The average Bonchev–Trinajstić information content (AvgIpc) is 2.77. The lowest BCUT2D eigenvalue weighted by atomic mass is 9.91. The van der Waals surface area contributed by atoms with Crippen LogP contribution in [0.5, 0.6) is 0 Å². The zero-order valence-electron chi connectivity index (χ0n) is 10.2. The highest BCUT2D eigenvalue weighted by Crippen LogP contribution is 2.39. The van der Waals surface area contributed by atoms with Crippen molar-refractivity contribution in [2.45, 2.75) is 31.7 Å². The molecule has 1 aromatic carbocycles. The Bertz CT molecular complexity index is 723. The van der Waals surface area contributed by atoms with E-state index in [1.165, 1.54) is 18.4 Å². The Labute approximate surface area is 106 Å². The van der Waals surface area contributed by atoms with Crippen molar-refractivity contribution in [1.29, 1.82) is 0 Å². The summed E-state index contributed by atoms with van der Waals surface area (Å²) < 4.78 is 2.01. The third-order valence-electron chi connectivity index (χ3n) is 4.26. The summed E-state index contributed by atoms with van der Waals surface area (Å²) in [5.74, 6) is 0. The molecule has 0 saturated heterocycles. The average molecular weight is 237 g/mol. The molecule has 1 atom stereocenters. The van der Waals surface area contributed by atoms with E-state index in [1.807, 2.05) is 28.8 Å². The summed E-state index contributed by atoms with van der Waals surface area (Å²) in [6.45, 7) is 0. The number of nitrogens with zero attached hydrogens (tertiary/aromatic N) is 1. The van der Waals surface area contributed by atoms with Crippen molar-refractivity contribution >= 4 is 16.8 Å². The Morgan fingerprint density at radius 3 is 3.00 bits per heavy atom. The summed E-state index contributed by atoms with van der Waals surface area (Å²) >= 11 is 0. The topological polar surface area (TPSA) is 22.0 Å². The second kappa shape index (κ2) is 3.58. The van der Waals surface area contributed by atoms with Gasteiger partial charge >= 0.3 is 0 Å². The van der Waals surface area contributed by atoms with Crippen LogP contribution >= 0.6 is 0 Å². The van der Waals surface area contributed by atoms with Gasteiger partial charge in [0.15, 0.2) is 0 Å². The molecule has 2 aromatic rings.